The van der Waals surface area contributed by atoms with Crippen molar-refractivity contribution in [1.82, 2.24) is 4.98 Å². The van der Waals surface area contributed by atoms with E-state index < -0.39 is 0 Å². The van der Waals surface area contributed by atoms with Crippen molar-refractivity contribution >= 4 is 5.82 Å². The summed E-state index contributed by atoms with van der Waals surface area (Å²) in [5.74, 6) is 5.90. The van der Waals surface area contributed by atoms with Gasteiger partial charge in [-0.05, 0) is 30.0 Å². The molecule has 0 unspecified atom stereocenters. The van der Waals surface area contributed by atoms with E-state index in [9.17, 15) is 0 Å². The van der Waals surface area contributed by atoms with Gasteiger partial charge in [-0.25, -0.2) is 4.98 Å². The summed E-state index contributed by atoms with van der Waals surface area (Å²) >= 11 is 0. The predicted molar refractivity (Wildman–Crippen MR) is 54.3 cm³/mol. The Morgan fingerprint density at radius 2 is 2.43 bits per heavy atom. The highest BCUT2D eigenvalue weighted by Gasteiger charge is 1.95. The molecule has 0 radical (unpaired) electrons. The zero-order valence-corrected chi connectivity index (χ0v) is 7.73. The number of hydrogen-bond donors (Lipinski definition) is 1. The number of pyridine rings is 1. The van der Waals surface area contributed by atoms with Gasteiger partial charge in [0.25, 0.3) is 0 Å². The Morgan fingerprint density at radius 1 is 1.64 bits per heavy atom. The lowest BCUT2D eigenvalue weighted by Gasteiger charge is -1.97. The molecule has 0 fully saturated rings. The number of azide groups is 1. The van der Waals surface area contributed by atoms with Gasteiger partial charge in [0, 0.05) is 4.91 Å². The predicted octanol–water partition coefficient (Wildman–Crippen LogP) is 1.63. The molecule has 0 saturated heterocycles. The number of aromatic nitrogens is 1. The van der Waals surface area contributed by atoms with Crippen LogP contribution in [0.5, 0.6) is 0 Å². The van der Waals surface area contributed by atoms with Crippen molar-refractivity contribution in [3.8, 4) is 11.8 Å². The number of anilines is 1. The van der Waals surface area contributed by atoms with Crippen molar-refractivity contribution in [3.63, 3.8) is 0 Å². The van der Waals surface area contributed by atoms with Gasteiger partial charge in [-0.1, -0.05) is 17.1 Å². The van der Waals surface area contributed by atoms with Crippen molar-refractivity contribution in [1.29, 1.82) is 0 Å². The Morgan fingerprint density at radius 3 is 3.14 bits per heavy atom. The minimum atomic E-state index is 0.145. The lowest BCUT2D eigenvalue weighted by atomic mass is 10.2. The molecule has 0 amide bonds. The molecule has 0 spiro atoms. The molecule has 0 aromatic carbocycles. The van der Waals surface area contributed by atoms with Crippen molar-refractivity contribution < 1.29 is 0 Å². The van der Waals surface area contributed by atoms with Crippen LogP contribution in [-0.4, -0.2) is 11.5 Å². The summed E-state index contributed by atoms with van der Waals surface area (Å²) in [4.78, 5) is 6.62. The minimum Gasteiger partial charge on any atom is -0.384 e. The molecular weight excluding hydrogens is 178 g/mol. The lowest BCUT2D eigenvalue weighted by molar-refractivity contribution is 1.22. The molecule has 1 heterocycles. The lowest BCUT2D eigenvalue weighted by Crippen LogP contribution is -1.94. The molecule has 1 rings (SSSR count). The molecule has 0 bridgehead atoms. The summed E-state index contributed by atoms with van der Waals surface area (Å²) in [5, 5.41) is 3.29. The third-order valence-electron chi connectivity index (χ3n) is 1.54. The summed E-state index contributed by atoms with van der Waals surface area (Å²) in [6.45, 7) is 2.04. The fourth-order valence-corrected chi connectivity index (χ4v) is 0.861. The number of nitrogens with zero attached hydrogens (tertiary/aromatic N) is 4. The van der Waals surface area contributed by atoms with E-state index in [-0.39, 0.29) is 6.54 Å². The molecule has 0 saturated carbocycles. The van der Waals surface area contributed by atoms with Crippen molar-refractivity contribution in [3.05, 3.63) is 33.8 Å². The number of rotatable bonds is 1. The largest absolute Gasteiger partial charge is 0.384 e. The van der Waals surface area contributed by atoms with E-state index in [2.05, 4.69) is 26.9 Å². The SMILES string of the molecule is Cc1ccc(N)nc1C#CCN=[N+]=[N-]. The highest BCUT2D eigenvalue weighted by molar-refractivity contribution is 5.41. The van der Waals surface area contributed by atoms with Gasteiger partial charge in [0.2, 0.25) is 0 Å². The highest BCUT2D eigenvalue weighted by Crippen LogP contribution is 2.05. The second kappa shape index (κ2) is 4.75. The topological polar surface area (TPSA) is 87.7 Å². The van der Waals surface area contributed by atoms with E-state index in [1.54, 1.807) is 6.07 Å². The highest BCUT2D eigenvalue weighted by atomic mass is 15.1. The van der Waals surface area contributed by atoms with Gasteiger partial charge in [0.05, 0.1) is 6.54 Å². The maximum atomic E-state index is 8.02. The molecular formula is C9H9N5. The molecule has 1 aromatic rings. The number of aryl methyl sites for hydroxylation is 1. The molecule has 0 atom stereocenters. The second-order valence-corrected chi connectivity index (χ2v) is 2.59. The summed E-state index contributed by atoms with van der Waals surface area (Å²) in [7, 11) is 0. The summed E-state index contributed by atoms with van der Waals surface area (Å²) in [6.07, 6.45) is 0. The third kappa shape index (κ3) is 2.70. The zero-order valence-electron chi connectivity index (χ0n) is 7.73. The number of nitrogens with two attached hydrogens (primary N) is 1. The molecule has 0 aliphatic carbocycles. The summed E-state index contributed by atoms with van der Waals surface area (Å²) in [5.41, 5.74) is 15.1. The summed E-state index contributed by atoms with van der Waals surface area (Å²) in [6, 6.07) is 3.56. The van der Waals surface area contributed by atoms with E-state index in [0.717, 1.165) is 5.56 Å². The van der Waals surface area contributed by atoms with Crippen LogP contribution in [0.25, 0.3) is 10.4 Å². The van der Waals surface area contributed by atoms with Gasteiger partial charge in [-0.3, -0.25) is 0 Å². The maximum absolute atomic E-state index is 8.02. The van der Waals surface area contributed by atoms with Gasteiger partial charge in [0.15, 0.2) is 0 Å². The van der Waals surface area contributed by atoms with E-state index in [1.807, 2.05) is 13.0 Å². The Bertz CT molecular complexity index is 434. The molecule has 14 heavy (non-hydrogen) atoms. The van der Waals surface area contributed by atoms with Crippen LogP contribution < -0.4 is 5.73 Å². The molecule has 70 valence electrons. The molecule has 0 aliphatic heterocycles. The minimum absolute atomic E-state index is 0.145. The van der Waals surface area contributed by atoms with Crippen LogP contribution in [0.15, 0.2) is 17.2 Å². The normalized spacial score (nSPS) is 8.36. The maximum Gasteiger partial charge on any atom is 0.124 e. The molecule has 1 aromatic heterocycles. The monoisotopic (exact) mass is 187 g/mol. The van der Waals surface area contributed by atoms with Crippen LogP contribution in [0, 0.1) is 18.8 Å². The Labute approximate surface area is 81.6 Å². The number of nitrogen functional groups attached to an aromatic ring is 1. The average Bonchev–Trinajstić information content (AvgIpc) is 2.18. The molecule has 2 N–H and O–H groups in total. The Hall–Kier alpha value is -2.18. The Balaban J connectivity index is 2.88. The van der Waals surface area contributed by atoms with Gasteiger partial charge >= 0.3 is 0 Å². The van der Waals surface area contributed by atoms with E-state index in [1.165, 1.54) is 0 Å². The zero-order chi connectivity index (χ0) is 10.4. The van der Waals surface area contributed by atoms with Gasteiger partial charge < -0.3 is 5.73 Å². The fraction of sp³-hybridized carbons (Fsp3) is 0.222. The summed E-state index contributed by atoms with van der Waals surface area (Å²) < 4.78 is 0. The van der Waals surface area contributed by atoms with E-state index in [4.69, 9.17) is 11.3 Å². The van der Waals surface area contributed by atoms with Crippen molar-refractivity contribution in [2.45, 2.75) is 6.92 Å². The molecule has 5 nitrogen and oxygen atoms in total. The first kappa shape index (κ1) is 9.90. The van der Waals surface area contributed by atoms with Crippen LogP contribution in [0.1, 0.15) is 11.3 Å². The van der Waals surface area contributed by atoms with E-state index in [0.29, 0.717) is 11.5 Å². The van der Waals surface area contributed by atoms with Crippen molar-refractivity contribution in [2.24, 2.45) is 5.11 Å². The first-order valence-electron chi connectivity index (χ1n) is 3.97. The Kier molecular flexibility index (Phi) is 3.36. The van der Waals surface area contributed by atoms with Crippen molar-refractivity contribution in [2.75, 3.05) is 12.3 Å². The smallest absolute Gasteiger partial charge is 0.124 e. The first-order valence-corrected chi connectivity index (χ1v) is 3.97. The van der Waals surface area contributed by atoms with Crippen LogP contribution in [0.3, 0.4) is 0 Å². The van der Waals surface area contributed by atoms with Gasteiger partial charge in [-0.2, -0.15) is 0 Å². The standard InChI is InChI=1S/C9H9N5/c1-7-4-5-9(10)13-8(7)3-2-6-12-14-11/h4-5H,6H2,1H3,(H2,10,13). The molecule has 5 heteroatoms. The molecule has 0 aliphatic rings. The van der Waals surface area contributed by atoms with E-state index >= 15 is 0 Å². The quantitative estimate of drug-likeness (QED) is 0.313. The van der Waals surface area contributed by atoms with Crippen LogP contribution >= 0.6 is 0 Å². The van der Waals surface area contributed by atoms with Gasteiger partial charge in [-0.15, -0.1) is 0 Å². The average molecular weight is 187 g/mol. The van der Waals surface area contributed by atoms with Crippen LogP contribution in [0.4, 0.5) is 5.82 Å². The number of hydrogen-bond acceptors (Lipinski definition) is 3. The van der Waals surface area contributed by atoms with Crippen LogP contribution in [0.2, 0.25) is 0 Å². The third-order valence-corrected chi connectivity index (χ3v) is 1.54. The fourth-order valence-electron chi connectivity index (χ4n) is 0.861. The second-order valence-electron chi connectivity index (χ2n) is 2.59. The first-order chi connectivity index (χ1) is 6.74. The van der Waals surface area contributed by atoms with Crippen LogP contribution in [-0.2, 0) is 0 Å². The van der Waals surface area contributed by atoms with Gasteiger partial charge in [0.1, 0.15) is 11.5 Å².